The van der Waals surface area contributed by atoms with Gasteiger partial charge in [0.1, 0.15) is 5.56 Å². The number of carbonyl (C=O) groups is 3. The first-order valence-corrected chi connectivity index (χ1v) is 6.92. The van der Waals surface area contributed by atoms with Crippen molar-refractivity contribution in [1.82, 2.24) is 4.90 Å². The molecular weight excluding hydrogens is 314 g/mol. The number of amides is 3. The Labute approximate surface area is 135 Å². The smallest absolute Gasteiger partial charge is 0.282 e. The van der Waals surface area contributed by atoms with Crippen LogP contribution in [0.5, 0.6) is 0 Å². The number of nitrogens with zero attached hydrogens (tertiary/aromatic N) is 2. The zero-order valence-electron chi connectivity index (χ0n) is 12.3. The van der Waals surface area contributed by atoms with Gasteiger partial charge in [0.2, 0.25) is 5.91 Å². The molecule has 1 heterocycles. The molecule has 8 nitrogen and oxygen atoms in total. The van der Waals surface area contributed by atoms with E-state index >= 15 is 0 Å². The molecule has 0 fully saturated rings. The largest absolute Gasteiger partial charge is 0.366 e. The molecule has 2 aromatic rings. The second-order valence-electron chi connectivity index (χ2n) is 5.21. The molecule has 1 aliphatic rings. The molecule has 0 bridgehead atoms. The summed E-state index contributed by atoms with van der Waals surface area (Å²) in [7, 11) is 0. The fourth-order valence-electron chi connectivity index (χ4n) is 2.57. The molecule has 0 unspecified atom stereocenters. The summed E-state index contributed by atoms with van der Waals surface area (Å²) in [6, 6.07) is 10.0. The van der Waals surface area contributed by atoms with E-state index in [0.29, 0.717) is 11.1 Å². The summed E-state index contributed by atoms with van der Waals surface area (Å²) in [5, 5.41) is 11.1. The molecule has 0 atom stereocenters. The van der Waals surface area contributed by atoms with E-state index in [0.717, 1.165) is 4.90 Å². The van der Waals surface area contributed by atoms with Crippen LogP contribution in [0.25, 0.3) is 0 Å². The van der Waals surface area contributed by atoms with Gasteiger partial charge in [-0.25, -0.2) is 0 Å². The Bertz CT molecular complexity index is 889. The van der Waals surface area contributed by atoms with Crippen molar-refractivity contribution in [3.05, 3.63) is 74.8 Å². The first-order valence-electron chi connectivity index (χ1n) is 6.92. The van der Waals surface area contributed by atoms with E-state index in [-0.39, 0.29) is 17.7 Å². The fourth-order valence-corrected chi connectivity index (χ4v) is 2.57. The van der Waals surface area contributed by atoms with E-state index in [9.17, 15) is 24.5 Å². The van der Waals surface area contributed by atoms with Gasteiger partial charge in [-0.05, 0) is 23.8 Å². The van der Waals surface area contributed by atoms with Crippen LogP contribution < -0.4 is 5.73 Å². The number of primary amides is 1. The summed E-state index contributed by atoms with van der Waals surface area (Å²) < 4.78 is 0. The molecule has 0 saturated heterocycles. The molecule has 2 N–H and O–H groups in total. The molecule has 0 aliphatic carbocycles. The molecule has 0 radical (unpaired) electrons. The average Bonchev–Trinajstić information content (AvgIpc) is 2.80. The van der Waals surface area contributed by atoms with Gasteiger partial charge >= 0.3 is 0 Å². The van der Waals surface area contributed by atoms with Gasteiger partial charge in [-0.1, -0.05) is 18.2 Å². The molecule has 8 heteroatoms. The second-order valence-corrected chi connectivity index (χ2v) is 5.21. The van der Waals surface area contributed by atoms with E-state index < -0.39 is 28.3 Å². The fraction of sp³-hybridized carbons (Fsp3) is 0.0625. The highest BCUT2D eigenvalue weighted by Crippen LogP contribution is 2.31. The van der Waals surface area contributed by atoms with Gasteiger partial charge in [0.05, 0.1) is 17.0 Å². The third kappa shape index (κ3) is 2.39. The number of benzene rings is 2. The molecule has 3 amide bonds. The predicted octanol–water partition coefficient (Wildman–Crippen LogP) is 1.49. The number of rotatable bonds is 4. The molecule has 3 rings (SSSR count). The van der Waals surface area contributed by atoms with E-state index in [1.807, 2.05) is 0 Å². The maximum Gasteiger partial charge on any atom is 0.282 e. The molecule has 120 valence electrons. The molecule has 0 saturated carbocycles. The molecule has 0 spiro atoms. The minimum absolute atomic E-state index is 0.0166. The van der Waals surface area contributed by atoms with Crippen LogP contribution in [-0.4, -0.2) is 27.5 Å². The third-order valence-corrected chi connectivity index (χ3v) is 3.75. The average molecular weight is 325 g/mol. The van der Waals surface area contributed by atoms with Gasteiger partial charge in [-0.3, -0.25) is 29.4 Å². The number of carbonyl (C=O) groups excluding carboxylic acids is 3. The number of hydrogen-bond donors (Lipinski definition) is 1. The Morgan fingerprint density at radius 2 is 1.75 bits per heavy atom. The molecule has 0 aromatic heterocycles. The van der Waals surface area contributed by atoms with Crippen LogP contribution in [0.2, 0.25) is 0 Å². The quantitative estimate of drug-likeness (QED) is 0.518. The van der Waals surface area contributed by atoms with Crippen molar-refractivity contribution in [2.75, 3.05) is 0 Å². The van der Waals surface area contributed by atoms with E-state index in [4.69, 9.17) is 5.73 Å². The normalized spacial score (nSPS) is 13.1. The second kappa shape index (κ2) is 5.58. The van der Waals surface area contributed by atoms with Crippen LogP contribution in [-0.2, 0) is 6.54 Å². The van der Waals surface area contributed by atoms with Crippen molar-refractivity contribution in [2.45, 2.75) is 6.54 Å². The van der Waals surface area contributed by atoms with Gasteiger partial charge in [-0.2, -0.15) is 0 Å². The summed E-state index contributed by atoms with van der Waals surface area (Å²) in [5.74, 6) is -1.88. The van der Waals surface area contributed by atoms with Crippen molar-refractivity contribution < 1.29 is 19.3 Å². The number of imide groups is 1. The zero-order chi connectivity index (χ0) is 17.4. The van der Waals surface area contributed by atoms with Crippen molar-refractivity contribution in [3.8, 4) is 0 Å². The number of nitrogens with two attached hydrogens (primary N) is 1. The minimum Gasteiger partial charge on any atom is -0.366 e. The SMILES string of the molecule is NC(=O)c1ccc(CN2C(=O)c3cccc([N+](=O)[O-])c3C2=O)cc1. The highest BCUT2D eigenvalue weighted by Gasteiger charge is 2.40. The zero-order valence-corrected chi connectivity index (χ0v) is 12.3. The van der Waals surface area contributed by atoms with Crippen LogP contribution in [0.4, 0.5) is 5.69 Å². The highest BCUT2D eigenvalue weighted by molar-refractivity contribution is 6.23. The Kier molecular flexibility index (Phi) is 3.57. The van der Waals surface area contributed by atoms with E-state index in [2.05, 4.69) is 0 Å². The summed E-state index contributed by atoms with van der Waals surface area (Å²) in [5.41, 5.74) is 5.48. The first kappa shape index (κ1) is 15.3. The number of fused-ring (bicyclic) bond motifs is 1. The van der Waals surface area contributed by atoms with E-state index in [1.165, 1.54) is 30.3 Å². The molecular formula is C16H11N3O5. The Morgan fingerprint density at radius 1 is 1.08 bits per heavy atom. The number of nitro benzene ring substituents is 1. The van der Waals surface area contributed by atoms with Crippen molar-refractivity contribution >= 4 is 23.4 Å². The lowest BCUT2D eigenvalue weighted by molar-refractivity contribution is -0.385. The maximum absolute atomic E-state index is 12.4. The Balaban J connectivity index is 1.92. The van der Waals surface area contributed by atoms with Crippen LogP contribution in [0.15, 0.2) is 42.5 Å². The highest BCUT2D eigenvalue weighted by atomic mass is 16.6. The van der Waals surface area contributed by atoms with Crippen LogP contribution in [0, 0.1) is 10.1 Å². The standard InChI is InChI=1S/C16H11N3O5/c17-14(20)10-6-4-9(5-7-10)8-18-15(21)11-2-1-3-12(19(23)24)13(11)16(18)22/h1-7H,8H2,(H2,17,20). The van der Waals surface area contributed by atoms with Crippen molar-refractivity contribution in [3.63, 3.8) is 0 Å². The van der Waals surface area contributed by atoms with Gasteiger partial charge < -0.3 is 5.73 Å². The summed E-state index contributed by atoms with van der Waals surface area (Å²) >= 11 is 0. The Morgan fingerprint density at radius 3 is 2.33 bits per heavy atom. The van der Waals surface area contributed by atoms with Crippen LogP contribution in [0.1, 0.15) is 36.6 Å². The lowest BCUT2D eigenvalue weighted by atomic mass is 10.1. The summed E-state index contributed by atoms with van der Waals surface area (Å²) in [6.45, 7) is -0.0530. The summed E-state index contributed by atoms with van der Waals surface area (Å²) in [4.78, 5) is 47.2. The summed E-state index contributed by atoms with van der Waals surface area (Å²) in [6.07, 6.45) is 0. The number of nitro groups is 1. The van der Waals surface area contributed by atoms with Gasteiger partial charge in [0.25, 0.3) is 17.5 Å². The monoisotopic (exact) mass is 325 g/mol. The van der Waals surface area contributed by atoms with Crippen LogP contribution in [0.3, 0.4) is 0 Å². The molecule has 1 aliphatic heterocycles. The first-order chi connectivity index (χ1) is 11.4. The predicted molar refractivity (Wildman–Crippen MR) is 82.3 cm³/mol. The number of hydrogen-bond acceptors (Lipinski definition) is 5. The van der Waals surface area contributed by atoms with E-state index in [1.54, 1.807) is 12.1 Å². The lowest BCUT2D eigenvalue weighted by Gasteiger charge is -2.13. The van der Waals surface area contributed by atoms with Crippen molar-refractivity contribution in [2.24, 2.45) is 5.73 Å². The molecule has 24 heavy (non-hydrogen) atoms. The topological polar surface area (TPSA) is 124 Å². The Hall–Kier alpha value is -3.55. The van der Waals surface area contributed by atoms with Crippen molar-refractivity contribution in [1.29, 1.82) is 0 Å². The maximum atomic E-state index is 12.4. The van der Waals surface area contributed by atoms with Crippen LogP contribution >= 0.6 is 0 Å². The minimum atomic E-state index is -0.707. The van der Waals surface area contributed by atoms with Gasteiger partial charge in [-0.15, -0.1) is 0 Å². The molecule has 2 aromatic carbocycles. The lowest BCUT2D eigenvalue weighted by Crippen LogP contribution is -2.29. The van der Waals surface area contributed by atoms with Gasteiger partial charge in [0, 0.05) is 11.6 Å². The van der Waals surface area contributed by atoms with Gasteiger partial charge in [0.15, 0.2) is 0 Å². The third-order valence-electron chi connectivity index (χ3n) is 3.75.